The maximum Gasteiger partial charge on any atom is 0.322 e. The van der Waals surface area contributed by atoms with Crippen molar-refractivity contribution in [3.05, 3.63) is 0 Å². The van der Waals surface area contributed by atoms with E-state index >= 15 is 0 Å². The highest BCUT2D eigenvalue weighted by molar-refractivity contribution is 5.99. The highest BCUT2D eigenvalue weighted by atomic mass is 16.6. The monoisotopic (exact) mass is 420 g/mol. The molecule has 29 heavy (non-hydrogen) atoms. The first-order valence-electron chi connectivity index (χ1n) is 10.6. The second-order valence-corrected chi connectivity index (χ2v) is 7.05. The Hall–Kier alpha value is -1.22. The van der Waals surface area contributed by atoms with Crippen molar-refractivity contribution in [1.82, 2.24) is 0 Å². The van der Waals surface area contributed by atoms with Crippen molar-refractivity contribution in [2.24, 2.45) is 5.41 Å². The Morgan fingerprint density at radius 2 is 0.862 bits per heavy atom. The number of carbonyl (C=O) groups is 2. The van der Waals surface area contributed by atoms with E-state index in [-0.39, 0.29) is 26.4 Å². The van der Waals surface area contributed by atoms with Crippen LogP contribution in [0.15, 0.2) is 0 Å². The molecule has 8 nitrogen and oxygen atoms in total. The summed E-state index contributed by atoms with van der Waals surface area (Å²) in [5.41, 5.74) is -1.38. The van der Waals surface area contributed by atoms with E-state index in [2.05, 4.69) is 13.8 Å². The molecule has 0 fully saturated rings. The third kappa shape index (κ3) is 15.3. The minimum absolute atomic E-state index is 0.0750. The van der Waals surface area contributed by atoms with Crippen LogP contribution in [-0.4, -0.2) is 78.0 Å². The Balaban J connectivity index is 3.73. The lowest BCUT2D eigenvalue weighted by molar-refractivity contribution is -0.171. The lowest BCUT2D eigenvalue weighted by atomic mass is 9.94. The number of ether oxygens (including phenoxy) is 6. The van der Waals surface area contributed by atoms with Gasteiger partial charge in [-0.1, -0.05) is 26.7 Å². The highest BCUT2D eigenvalue weighted by Gasteiger charge is 2.39. The zero-order valence-corrected chi connectivity index (χ0v) is 18.7. The van der Waals surface area contributed by atoms with Gasteiger partial charge in [0.1, 0.15) is 13.2 Å². The molecule has 0 N–H and O–H groups in total. The smallest absolute Gasteiger partial charge is 0.322 e. The zero-order chi connectivity index (χ0) is 21.8. The fourth-order valence-corrected chi connectivity index (χ4v) is 1.97. The van der Waals surface area contributed by atoms with Gasteiger partial charge in [0.05, 0.1) is 39.6 Å². The number of rotatable bonds is 20. The topological polar surface area (TPSA) is 89.5 Å². The molecule has 0 aromatic heterocycles. The normalized spacial score (nSPS) is 11.4. The van der Waals surface area contributed by atoms with Crippen molar-refractivity contribution in [1.29, 1.82) is 0 Å². The summed E-state index contributed by atoms with van der Waals surface area (Å²) in [6.07, 6.45) is 4.25. The average molecular weight is 421 g/mol. The Morgan fingerprint density at radius 1 is 0.552 bits per heavy atom. The number of hydrogen-bond donors (Lipinski definition) is 0. The first-order chi connectivity index (χ1) is 14.0. The summed E-state index contributed by atoms with van der Waals surface area (Å²) in [5, 5.41) is 0. The molecule has 0 aromatic rings. The zero-order valence-electron chi connectivity index (χ0n) is 18.7. The van der Waals surface area contributed by atoms with E-state index in [4.69, 9.17) is 28.4 Å². The third-order valence-electron chi connectivity index (χ3n) is 3.97. The summed E-state index contributed by atoms with van der Waals surface area (Å²) in [6, 6.07) is 0. The van der Waals surface area contributed by atoms with E-state index in [1.165, 1.54) is 13.8 Å². The molecule has 0 unspecified atom stereocenters. The number of esters is 2. The molecule has 0 aromatic carbocycles. The molecule has 0 saturated carbocycles. The number of carbonyl (C=O) groups excluding carboxylic acids is 2. The first kappa shape index (κ1) is 27.8. The average Bonchev–Trinajstić information content (AvgIpc) is 2.70. The predicted octanol–water partition coefficient (Wildman–Crippen LogP) is 2.77. The second kappa shape index (κ2) is 18.8. The van der Waals surface area contributed by atoms with Crippen LogP contribution >= 0.6 is 0 Å². The lowest BCUT2D eigenvalue weighted by Crippen LogP contribution is -2.37. The van der Waals surface area contributed by atoms with Gasteiger partial charge in [0, 0.05) is 13.2 Å². The van der Waals surface area contributed by atoms with Gasteiger partial charge in [-0.25, -0.2) is 0 Å². The fraction of sp³-hybridized carbons (Fsp3) is 0.905. The Bertz CT molecular complexity index is 375. The molecule has 0 heterocycles. The Labute approximate surface area is 175 Å². The molecule has 0 atom stereocenters. The highest BCUT2D eigenvalue weighted by Crippen LogP contribution is 2.19. The molecule has 8 heteroatoms. The van der Waals surface area contributed by atoms with Gasteiger partial charge in [-0.2, -0.15) is 0 Å². The minimum Gasteiger partial charge on any atom is -0.462 e. The van der Waals surface area contributed by atoms with Crippen LogP contribution in [0.2, 0.25) is 0 Å². The molecule has 0 rings (SSSR count). The van der Waals surface area contributed by atoms with Gasteiger partial charge in [0.25, 0.3) is 0 Å². The maximum atomic E-state index is 12.1. The van der Waals surface area contributed by atoms with Crippen molar-refractivity contribution in [3.63, 3.8) is 0 Å². The van der Waals surface area contributed by atoms with E-state index in [1.807, 2.05) is 0 Å². The molecule has 0 aliphatic rings. The molecule has 0 amide bonds. The molecule has 0 bridgehead atoms. The van der Waals surface area contributed by atoms with Crippen LogP contribution in [0.1, 0.15) is 53.4 Å². The third-order valence-corrected chi connectivity index (χ3v) is 3.97. The van der Waals surface area contributed by atoms with Crippen LogP contribution in [0, 0.1) is 5.41 Å². The molecule has 0 saturated heterocycles. The van der Waals surface area contributed by atoms with E-state index in [0.29, 0.717) is 26.4 Å². The summed E-state index contributed by atoms with van der Waals surface area (Å²) in [6.45, 7) is 11.2. The van der Waals surface area contributed by atoms with Crippen LogP contribution in [0.5, 0.6) is 0 Å². The summed E-state index contributed by atoms with van der Waals surface area (Å²) in [4.78, 5) is 24.2. The Morgan fingerprint density at radius 3 is 1.21 bits per heavy atom. The molecular weight excluding hydrogens is 380 g/mol. The van der Waals surface area contributed by atoms with Crippen LogP contribution < -0.4 is 0 Å². The second-order valence-electron chi connectivity index (χ2n) is 7.05. The van der Waals surface area contributed by atoms with Gasteiger partial charge >= 0.3 is 11.9 Å². The van der Waals surface area contributed by atoms with E-state index in [9.17, 15) is 9.59 Å². The van der Waals surface area contributed by atoms with Gasteiger partial charge in [-0.15, -0.1) is 0 Å². The van der Waals surface area contributed by atoms with Crippen molar-refractivity contribution in [2.45, 2.75) is 53.4 Å². The van der Waals surface area contributed by atoms with Crippen LogP contribution in [-0.2, 0) is 38.0 Å². The number of hydrogen-bond acceptors (Lipinski definition) is 8. The first-order valence-corrected chi connectivity index (χ1v) is 10.6. The van der Waals surface area contributed by atoms with Gasteiger partial charge in [-0.05, 0) is 26.7 Å². The summed E-state index contributed by atoms with van der Waals surface area (Å²) >= 11 is 0. The van der Waals surface area contributed by atoms with E-state index < -0.39 is 17.4 Å². The molecule has 0 radical (unpaired) electrons. The van der Waals surface area contributed by atoms with Gasteiger partial charge in [0.15, 0.2) is 5.41 Å². The van der Waals surface area contributed by atoms with Gasteiger partial charge in [0.2, 0.25) is 0 Å². The minimum atomic E-state index is -1.38. The predicted molar refractivity (Wildman–Crippen MR) is 109 cm³/mol. The van der Waals surface area contributed by atoms with Gasteiger partial charge < -0.3 is 28.4 Å². The molecular formula is C21H40O8. The van der Waals surface area contributed by atoms with Crippen molar-refractivity contribution >= 4 is 11.9 Å². The summed E-state index contributed by atoms with van der Waals surface area (Å²) in [7, 11) is 0. The van der Waals surface area contributed by atoms with Crippen LogP contribution in [0.25, 0.3) is 0 Å². The fourth-order valence-electron chi connectivity index (χ4n) is 1.97. The Kier molecular flexibility index (Phi) is 18.0. The standard InChI is InChI=1S/C21H40O8/c1-5-7-9-24-11-13-26-15-17-28-19(22)21(3,4)20(23)29-18-16-27-14-12-25-10-8-6-2/h5-18H2,1-4H3. The molecule has 0 spiro atoms. The quantitative estimate of drug-likeness (QED) is 0.169. The molecule has 172 valence electrons. The van der Waals surface area contributed by atoms with Crippen molar-refractivity contribution in [3.8, 4) is 0 Å². The number of unbranched alkanes of at least 4 members (excludes halogenated alkanes) is 2. The van der Waals surface area contributed by atoms with Crippen LogP contribution in [0.3, 0.4) is 0 Å². The molecule has 0 aliphatic carbocycles. The largest absolute Gasteiger partial charge is 0.462 e. The van der Waals surface area contributed by atoms with Crippen LogP contribution in [0.4, 0.5) is 0 Å². The maximum absolute atomic E-state index is 12.1. The molecule has 0 aliphatic heterocycles. The van der Waals surface area contributed by atoms with E-state index in [0.717, 1.165) is 38.9 Å². The van der Waals surface area contributed by atoms with Crippen molar-refractivity contribution in [2.75, 3.05) is 66.1 Å². The van der Waals surface area contributed by atoms with Crippen molar-refractivity contribution < 1.29 is 38.0 Å². The lowest BCUT2D eigenvalue weighted by Gasteiger charge is -2.20. The summed E-state index contributed by atoms with van der Waals surface area (Å²) in [5.74, 6) is -1.29. The van der Waals surface area contributed by atoms with E-state index in [1.54, 1.807) is 0 Å². The summed E-state index contributed by atoms with van der Waals surface area (Å²) < 4.78 is 31.6. The van der Waals surface area contributed by atoms with Gasteiger partial charge in [-0.3, -0.25) is 9.59 Å². The SMILES string of the molecule is CCCCOCCOCCOC(=O)C(C)(C)C(=O)OCCOCCOCCCC.